The fraction of sp³-hybridized carbons (Fsp3) is 0.0588. The predicted molar refractivity (Wildman–Crippen MR) is 90.5 cm³/mol. The van der Waals surface area contributed by atoms with Gasteiger partial charge in [-0.15, -0.1) is 0 Å². The van der Waals surface area contributed by atoms with Crippen LogP contribution in [0.25, 0.3) is 10.9 Å². The van der Waals surface area contributed by atoms with Crippen LogP contribution in [-0.2, 0) is 0 Å². The van der Waals surface area contributed by atoms with Gasteiger partial charge >= 0.3 is 11.6 Å². The third-order valence-electron chi connectivity index (χ3n) is 3.54. The topological polar surface area (TPSA) is 113 Å². The highest BCUT2D eigenvalue weighted by Crippen LogP contribution is 2.16. The van der Waals surface area contributed by atoms with Crippen LogP contribution in [0.15, 0.2) is 57.7 Å². The van der Waals surface area contributed by atoms with Crippen molar-refractivity contribution >= 4 is 28.7 Å². The van der Waals surface area contributed by atoms with E-state index in [-0.39, 0.29) is 11.9 Å². The van der Waals surface area contributed by atoms with Gasteiger partial charge in [-0.25, -0.2) is 4.79 Å². The average molecular weight is 322 g/mol. The standard InChI is InChI=1S/C17H14N4O3/c1-21(15(22)11-6-4-5-10(9-11)14(18)19)17-20-13-8-3-2-7-12(13)16(23)24-17/h2-9H,1H3,(H3,18,19). The molecule has 3 rings (SSSR count). The summed E-state index contributed by atoms with van der Waals surface area (Å²) in [5.74, 6) is -0.563. The number of aromatic nitrogens is 1. The number of nitrogens with two attached hydrogens (primary N) is 1. The van der Waals surface area contributed by atoms with Gasteiger partial charge in [0.05, 0.1) is 10.9 Å². The first-order chi connectivity index (χ1) is 11.5. The van der Waals surface area contributed by atoms with Crippen molar-refractivity contribution in [1.29, 1.82) is 5.41 Å². The maximum atomic E-state index is 12.6. The van der Waals surface area contributed by atoms with Crippen LogP contribution in [0.2, 0.25) is 0 Å². The fourth-order valence-electron chi connectivity index (χ4n) is 2.25. The van der Waals surface area contributed by atoms with E-state index in [0.717, 1.165) is 4.90 Å². The minimum absolute atomic E-state index is 0.100. The van der Waals surface area contributed by atoms with E-state index in [0.29, 0.717) is 22.0 Å². The number of carbonyl (C=O) groups excluding carboxylic acids is 1. The number of hydrogen-bond donors (Lipinski definition) is 2. The van der Waals surface area contributed by atoms with Crippen molar-refractivity contribution < 1.29 is 9.21 Å². The molecule has 1 amide bonds. The van der Waals surface area contributed by atoms with Crippen molar-refractivity contribution in [3.63, 3.8) is 0 Å². The quantitative estimate of drug-likeness (QED) is 0.563. The van der Waals surface area contributed by atoms with Gasteiger partial charge in [0.2, 0.25) is 0 Å². The Balaban J connectivity index is 2.01. The van der Waals surface area contributed by atoms with E-state index in [2.05, 4.69) is 4.98 Å². The molecule has 7 heteroatoms. The van der Waals surface area contributed by atoms with Crippen molar-refractivity contribution in [2.75, 3.05) is 11.9 Å². The Morgan fingerprint density at radius 2 is 1.88 bits per heavy atom. The molecule has 0 aliphatic heterocycles. The van der Waals surface area contributed by atoms with Gasteiger partial charge < -0.3 is 10.2 Å². The molecule has 0 saturated heterocycles. The minimum atomic E-state index is -0.562. The van der Waals surface area contributed by atoms with Crippen molar-refractivity contribution in [2.45, 2.75) is 0 Å². The molecular formula is C17H14N4O3. The van der Waals surface area contributed by atoms with E-state index in [1.165, 1.54) is 13.1 Å². The highest BCUT2D eigenvalue weighted by atomic mass is 16.4. The number of nitrogens with one attached hydrogen (secondary N) is 1. The largest absolute Gasteiger partial charge is 0.388 e. The molecule has 0 unspecified atom stereocenters. The number of rotatable bonds is 3. The first-order valence-corrected chi connectivity index (χ1v) is 7.10. The molecule has 0 radical (unpaired) electrons. The summed E-state index contributed by atoms with van der Waals surface area (Å²) >= 11 is 0. The number of hydrogen-bond acceptors (Lipinski definition) is 5. The summed E-state index contributed by atoms with van der Waals surface area (Å²) in [5, 5.41) is 7.79. The van der Waals surface area contributed by atoms with Gasteiger partial charge in [-0.05, 0) is 24.3 Å². The average Bonchev–Trinajstić information content (AvgIpc) is 2.60. The maximum absolute atomic E-state index is 12.6. The van der Waals surface area contributed by atoms with Crippen LogP contribution in [0.5, 0.6) is 0 Å². The Labute approximate surface area is 136 Å². The maximum Gasteiger partial charge on any atom is 0.348 e. The lowest BCUT2D eigenvalue weighted by Gasteiger charge is -2.15. The number of para-hydroxylation sites is 1. The molecule has 0 aliphatic carbocycles. The lowest BCUT2D eigenvalue weighted by Crippen LogP contribution is -2.28. The number of carbonyl (C=O) groups is 1. The normalized spacial score (nSPS) is 10.5. The van der Waals surface area contributed by atoms with Gasteiger partial charge in [-0.3, -0.25) is 15.1 Å². The van der Waals surface area contributed by atoms with E-state index in [9.17, 15) is 9.59 Å². The van der Waals surface area contributed by atoms with Crippen LogP contribution in [0, 0.1) is 5.41 Å². The number of fused-ring (bicyclic) bond motifs is 1. The molecule has 120 valence electrons. The Morgan fingerprint density at radius 3 is 2.62 bits per heavy atom. The summed E-state index contributed by atoms with van der Waals surface area (Å²) in [5.41, 5.74) is 6.06. The first-order valence-electron chi connectivity index (χ1n) is 7.10. The number of benzene rings is 2. The molecule has 1 aromatic heterocycles. The monoisotopic (exact) mass is 322 g/mol. The second-order valence-corrected chi connectivity index (χ2v) is 5.16. The Bertz CT molecular complexity index is 1010. The zero-order chi connectivity index (χ0) is 17.3. The van der Waals surface area contributed by atoms with Gasteiger partial charge in [0, 0.05) is 18.2 Å². The molecule has 24 heavy (non-hydrogen) atoms. The van der Waals surface area contributed by atoms with E-state index in [1.807, 2.05) is 0 Å². The third kappa shape index (κ3) is 2.74. The molecule has 0 bridgehead atoms. The molecule has 0 atom stereocenters. The molecule has 1 heterocycles. The SMILES string of the molecule is CN(C(=O)c1cccc(C(=N)N)c1)c1nc2ccccc2c(=O)o1. The van der Waals surface area contributed by atoms with Crippen LogP contribution in [0.3, 0.4) is 0 Å². The third-order valence-corrected chi connectivity index (χ3v) is 3.54. The summed E-state index contributed by atoms with van der Waals surface area (Å²) < 4.78 is 5.14. The van der Waals surface area contributed by atoms with Gasteiger partial charge in [0.25, 0.3) is 5.91 Å². The van der Waals surface area contributed by atoms with Gasteiger partial charge in [-0.1, -0.05) is 24.3 Å². The second-order valence-electron chi connectivity index (χ2n) is 5.16. The smallest absolute Gasteiger partial charge is 0.348 e. The fourth-order valence-corrected chi connectivity index (χ4v) is 2.25. The van der Waals surface area contributed by atoms with Gasteiger partial charge in [0.1, 0.15) is 5.84 Å². The lowest BCUT2D eigenvalue weighted by molar-refractivity contribution is 0.0987. The molecule has 3 aromatic rings. The van der Waals surface area contributed by atoms with Crippen molar-refractivity contribution in [3.8, 4) is 0 Å². The Morgan fingerprint density at radius 1 is 1.17 bits per heavy atom. The summed E-state index contributed by atoms with van der Waals surface area (Å²) in [7, 11) is 1.46. The van der Waals surface area contributed by atoms with Crippen LogP contribution >= 0.6 is 0 Å². The molecule has 0 spiro atoms. The molecule has 7 nitrogen and oxygen atoms in total. The number of amides is 1. The van der Waals surface area contributed by atoms with Gasteiger partial charge in [-0.2, -0.15) is 4.98 Å². The number of nitrogens with zero attached hydrogens (tertiary/aromatic N) is 2. The van der Waals surface area contributed by atoms with Crippen molar-refractivity contribution in [3.05, 3.63) is 70.1 Å². The zero-order valence-electron chi connectivity index (χ0n) is 12.8. The Hall–Kier alpha value is -3.48. The highest BCUT2D eigenvalue weighted by Gasteiger charge is 2.19. The molecule has 2 aromatic carbocycles. The number of amidine groups is 1. The predicted octanol–water partition coefficient (Wildman–Crippen LogP) is 1.75. The Kier molecular flexibility index (Phi) is 3.83. The molecule has 0 fully saturated rings. The van der Waals surface area contributed by atoms with E-state index in [4.69, 9.17) is 15.6 Å². The summed E-state index contributed by atoms with van der Waals surface area (Å²) in [6, 6.07) is 13.0. The van der Waals surface area contributed by atoms with E-state index in [1.54, 1.807) is 42.5 Å². The number of nitrogen functional groups attached to an aromatic ring is 1. The minimum Gasteiger partial charge on any atom is -0.388 e. The molecule has 0 aliphatic rings. The molecular weight excluding hydrogens is 308 g/mol. The van der Waals surface area contributed by atoms with Gasteiger partial charge in [0.15, 0.2) is 0 Å². The van der Waals surface area contributed by atoms with Crippen molar-refractivity contribution in [1.82, 2.24) is 4.98 Å². The second kappa shape index (κ2) is 5.96. The first kappa shape index (κ1) is 15.4. The van der Waals surface area contributed by atoms with E-state index < -0.39 is 11.5 Å². The highest BCUT2D eigenvalue weighted by molar-refractivity contribution is 6.06. The number of anilines is 1. The zero-order valence-corrected chi connectivity index (χ0v) is 12.8. The van der Waals surface area contributed by atoms with Crippen molar-refractivity contribution in [2.24, 2.45) is 5.73 Å². The molecule has 0 saturated carbocycles. The van der Waals surface area contributed by atoms with Crippen LogP contribution in [-0.4, -0.2) is 23.8 Å². The summed E-state index contributed by atoms with van der Waals surface area (Å²) in [4.78, 5) is 30.0. The molecule has 3 N–H and O–H groups in total. The van der Waals surface area contributed by atoms with Crippen LogP contribution < -0.4 is 16.3 Å². The van der Waals surface area contributed by atoms with Crippen LogP contribution in [0.4, 0.5) is 6.01 Å². The summed E-state index contributed by atoms with van der Waals surface area (Å²) in [6.07, 6.45) is 0. The summed E-state index contributed by atoms with van der Waals surface area (Å²) in [6.45, 7) is 0. The van der Waals surface area contributed by atoms with E-state index >= 15 is 0 Å². The lowest BCUT2D eigenvalue weighted by atomic mass is 10.1. The van der Waals surface area contributed by atoms with Crippen LogP contribution in [0.1, 0.15) is 15.9 Å².